The fourth-order valence-electron chi connectivity index (χ4n) is 1.34. The van der Waals surface area contributed by atoms with Crippen LogP contribution in [0.1, 0.15) is 5.82 Å². The standard InChI is InChI=1S/C10H11ClN4O/c1-15-4-3-7(14-15)8-5-9(11)13-10(12-8)6-16-2/h3-5H,6H2,1-2H3. The maximum absolute atomic E-state index is 5.90. The molecule has 6 heteroatoms. The third kappa shape index (κ3) is 2.37. The van der Waals surface area contributed by atoms with Crippen LogP contribution in [0, 0.1) is 0 Å². The van der Waals surface area contributed by atoms with Gasteiger partial charge in [-0.15, -0.1) is 0 Å². The van der Waals surface area contributed by atoms with Crippen molar-refractivity contribution in [2.45, 2.75) is 6.61 Å². The minimum Gasteiger partial charge on any atom is -0.377 e. The Morgan fingerprint density at radius 1 is 1.38 bits per heavy atom. The van der Waals surface area contributed by atoms with Crippen LogP contribution in [0.4, 0.5) is 0 Å². The van der Waals surface area contributed by atoms with Crippen LogP contribution in [0.25, 0.3) is 11.4 Å². The van der Waals surface area contributed by atoms with Crippen molar-refractivity contribution in [1.82, 2.24) is 19.7 Å². The van der Waals surface area contributed by atoms with Crippen molar-refractivity contribution < 1.29 is 4.74 Å². The molecule has 0 aliphatic heterocycles. The van der Waals surface area contributed by atoms with E-state index in [-0.39, 0.29) is 0 Å². The highest BCUT2D eigenvalue weighted by molar-refractivity contribution is 6.29. The molecule has 0 atom stereocenters. The first-order valence-corrected chi connectivity index (χ1v) is 5.09. The Labute approximate surface area is 98.0 Å². The lowest BCUT2D eigenvalue weighted by Crippen LogP contribution is -1.99. The molecule has 84 valence electrons. The van der Waals surface area contributed by atoms with Crippen molar-refractivity contribution in [3.8, 4) is 11.4 Å². The van der Waals surface area contributed by atoms with Crippen molar-refractivity contribution >= 4 is 11.6 Å². The number of hydrogen-bond acceptors (Lipinski definition) is 4. The van der Waals surface area contributed by atoms with E-state index >= 15 is 0 Å². The number of halogens is 1. The zero-order valence-corrected chi connectivity index (χ0v) is 9.77. The largest absolute Gasteiger partial charge is 0.377 e. The number of ether oxygens (including phenoxy) is 1. The number of hydrogen-bond donors (Lipinski definition) is 0. The minimum absolute atomic E-state index is 0.334. The first-order valence-electron chi connectivity index (χ1n) is 4.71. The van der Waals surface area contributed by atoms with E-state index in [0.29, 0.717) is 23.3 Å². The SMILES string of the molecule is COCc1nc(Cl)cc(-c2ccn(C)n2)n1. The lowest BCUT2D eigenvalue weighted by atomic mass is 10.3. The van der Waals surface area contributed by atoms with E-state index < -0.39 is 0 Å². The highest BCUT2D eigenvalue weighted by Crippen LogP contribution is 2.17. The van der Waals surface area contributed by atoms with Gasteiger partial charge >= 0.3 is 0 Å². The highest BCUT2D eigenvalue weighted by atomic mass is 35.5. The maximum atomic E-state index is 5.90. The van der Waals surface area contributed by atoms with Gasteiger partial charge in [0.2, 0.25) is 0 Å². The molecule has 0 aliphatic rings. The van der Waals surface area contributed by atoms with Gasteiger partial charge in [0, 0.05) is 26.4 Å². The second kappa shape index (κ2) is 4.59. The second-order valence-electron chi connectivity index (χ2n) is 3.30. The molecule has 0 spiro atoms. The molecule has 2 aromatic heterocycles. The molecule has 0 fully saturated rings. The van der Waals surface area contributed by atoms with Crippen LogP contribution in [0.15, 0.2) is 18.3 Å². The van der Waals surface area contributed by atoms with Gasteiger partial charge in [-0.1, -0.05) is 11.6 Å². The van der Waals surface area contributed by atoms with E-state index in [2.05, 4.69) is 15.1 Å². The van der Waals surface area contributed by atoms with Crippen LogP contribution < -0.4 is 0 Å². The Kier molecular flexibility index (Phi) is 3.17. The Morgan fingerprint density at radius 3 is 2.81 bits per heavy atom. The molecule has 16 heavy (non-hydrogen) atoms. The molecule has 0 bridgehead atoms. The predicted molar refractivity (Wildman–Crippen MR) is 60.0 cm³/mol. The molecule has 2 rings (SSSR count). The van der Waals surface area contributed by atoms with E-state index in [1.807, 2.05) is 19.3 Å². The van der Waals surface area contributed by atoms with Crippen LogP contribution in [0.2, 0.25) is 5.15 Å². The Balaban J connectivity index is 2.40. The van der Waals surface area contributed by atoms with Gasteiger partial charge in [0.25, 0.3) is 0 Å². The number of rotatable bonds is 3. The van der Waals surface area contributed by atoms with Gasteiger partial charge in [-0.2, -0.15) is 5.10 Å². The Bertz CT molecular complexity index is 497. The van der Waals surface area contributed by atoms with Crippen molar-refractivity contribution in [1.29, 1.82) is 0 Å². The summed E-state index contributed by atoms with van der Waals surface area (Å²) >= 11 is 5.90. The first-order chi connectivity index (χ1) is 7.69. The van der Waals surface area contributed by atoms with Crippen molar-refractivity contribution in [3.63, 3.8) is 0 Å². The molecular weight excluding hydrogens is 228 g/mol. The van der Waals surface area contributed by atoms with E-state index in [1.54, 1.807) is 17.9 Å². The fourth-order valence-corrected chi connectivity index (χ4v) is 1.54. The molecule has 0 saturated carbocycles. The molecule has 0 saturated heterocycles. The summed E-state index contributed by atoms with van der Waals surface area (Å²) < 4.78 is 6.68. The molecule has 0 aliphatic carbocycles. The van der Waals surface area contributed by atoms with Crippen molar-refractivity contribution in [2.24, 2.45) is 7.05 Å². The third-order valence-corrected chi connectivity index (χ3v) is 2.18. The summed E-state index contributed by atoms with van der Waals surface area (Å²) in [7, 11) is 3.44. The quantitative estimate of drug-likeness (QED) is 0.764. The number of nitrogens with zero attached hydrogens (tertiary/aromatic N) is 4. The van der Waals surface area contributed by atoms with Gasteiger partial charge in [0.15, 0.2) is 5.82 Å². The summed E-state index contributed by atoms with van der Waals surface area (Å²) in [5, 5.41) is 4.64. The lowest BCUT2D eigenvalue weighted by Gasteiger charge is -2.02. The van der Waals surface area contributed by atoms with Gasteiger partial charge in [-0.05, 0) is 6.07 Å². The van der Waals surface area contributed by atoms with Crippen LogP contribution in [-0.2, 0) is 18.4 Å². The highest BCUT2D eigenvalue weighted by Gasteiger charge is 2.07. The van der Waals surface area contributed by atoms with E-state index in [0.717, 1.165) is 5.69 Å². The zero-order chi connectivity index (χ0) is 11.5. The van der Waals surface area contributed by atoms with E-state index in [4.69, 9.17) is 16.3 Å². The van der Waals surface area contributed by atoms with E-state index in [9.17, 15) is 0 Å². The van der Waals surface area contributed by atoms with Crippen LogP contribution in [0.3, 0.4) is 0 Å². The topological polar surface area (TPSA) is 52.8 Å². The Morgan fingerprint density at radius 2 is 2.19 bits per heavy atom. The number of aromatic nitrogens is 4. The summed E-state index contributed by atoms with van der Waals surface area (Å²) in [6.45, 7) is 0.334. The third-order valence-electron chi connectivity index (χ3n) is 1.99. The van der Waals surface area contributed by atoms with Crippen LogP contribution in [-0.4, -0.2) is 26.9 Å². The van der Waals surface area contributed by atoms with Crippen LogP contribution in [0.5, 0.6) is 0 Å². The second-order valence-corrected chi connectivity index (χ2v) is 3.69. The van der Waals surface area contributed by atoms with Crippen molar-refractivity contribution in [2.75, 3.05) is 7.11 Å². The minimum atomic E-state index is 0.334. The summed E-state index contributed by atoms with van der Waals surface area (Å²) in [5.74, 6) is 0.552. The molecule has 0 aromatic carbocycles. The molecule has 0 unspecified atom stereocenters. The molecule has 0 N–H and O–H groups in total. The molecular formula is C10H11ClN4O. The lowest BCUT2D eigenvalue weighted by molar-refractivity contribution is 0.178. The maximum Gasteiger partial charge on any atom is 0.156 e. The average molecular weight is 239 g/mol. The number of aryl methyl sites for hydroxylation is 1. The summed E-state index contributed by atoms with van der Waals surface area (Å²) in [5.41, 5.74) is 1.47. The number of methoxy groups -OCH3 is 1. The van der Waals surface area contributed by atoms with Gasteiger partial charge in [0.1, 0.15) is 17.5 Å². The molecule has 0 amide bonds. The van der Waals surface area contributed by atoms with Gasteiger partial charge in [-0.25, -0.2) is 9.97 Å². The molecule has 0 radical (unpaired) electrons. The summed E-state index contributed by atoms with van der Waals surface area (Å²) in [4.78, 5) is 8.36. The van der Waals surface area contributed by atoms with Gasteiger partial charge in [0.05, 0.1) is 5.69 Å². The normalized spacial score (nSPS) is 10.7. The van der Waals surface area contributed by atoms with Gasteiger partial charge < -0.3 is 4.74 Å². The first kappa shape index (κ1) is 11.0. The fraction of sp³-hybridized carbons (Fsp3) is 0.300. The summed E-state index contributed by atoms with van der Waals surface area (Å²) in [6, 6.07) is 3.55. The smallest absolute Gasteiger partial charge is 0.156 e. The zero-order valence-electron chi connectivity index (χ0n) is 9.01. The van der Waals surface area contributed by atoms with Crippen molar-refractivity contribution in [3.05, 3.63) is 29.3 Å². The summed E-state index contributed by atoms with van der Waals surface area (Å²) in [6.07, 6.45) is 1.85. The average Bonchev–Trinajstić information content (AvgIpc) is 2.64. The van der Waals surface area contributed by atoms with Gasteiger partial charge in [-0.3, -0.25) is 4.68 Å². The molecule has 2 aromatic rings. The molecule has 2 heterocycles. The molecule has 5 nitrogen and oxygen atoms in total. The Hall–Kier alpha value is -1.46. The van der Waals surface area contributed by atoms with Crippen LogP contribution >= 0.6 is 11.6 Å². The van der Waals surface area contributed by atoms with E-state index in [1.165, 1.54) is 0 Å². The predicted octanol–water partition coefficient (Wildman–Crippen LogP) is 1.68. The monoisotopic (exact) mass is 238 g/mol.